The minimum absolute atomic E-state index is 0.146. The van der Waals surface area contributed by atoms with Crippen LogP contribution in [0.15, 0.2) is 36.4 Å². The number of nitriles is 1. The Balaban J connectivity index is 2.63. The van der Waals surface area contributed by atoms with Crippen LogP contribution in [0.1, 0.15) is 67.5 Å². The number of hydrogen-bond donors (Lipinski definition) is 3. The van der Waals surface area contributed by atoms with E-state index in [9.17, 15) is 24.4 Å². The van der Waals surface area contributed by atoms with Crippen molar-refractivity contribution in [1.29, 1.82) is 5.26 Å². The van der Waals surface area contributed by atoms with Crippen LogP contribution in [0, 0.1) is 39.0 Å². The van der Waals surface area contributed by atoms with Crippen LogP contribution in [-0.4, -0.2) is 46.9 Å². The molecule has 2 rings (SSSR count). The molecule has 0 saturated carbocycles. The molecule has 0 aromatic heterocycles. The molecule has 2 unspecified atom stereocenters. The zero-order valence-electron chi connectivity index (χ0n) is 24.3. The molecule has 0 radical (unpaired) electrons. The van der Waals surface area contributed by atoms with E-state index in [1.807, 2.05) is 70.2 Å². The molecular weight excluding hydrogens is 510 g/mol. The molecule has 4 amide bonds. The van der Waals surface area contributed by atoms with E-state index in [2.05, 4.69) is 10.6 Å². The van der Waals surface area contributed by atoms with Gasteiger partial charge in [0.1, 0.15) is 24.2 Å². The summed E-state index contributed by atoms with van der Waals surface area (Å²) >= 11 is 0. The summed E-state index contributed by atoms with van der Waals surface area (Å²) in [5.74, 6) is -1.92. The molecule has 0 saturated heterocycles. The summed E-state index contributed by atoms with van der Waals surface area (Å²) in [6.07, 6.45) is -1.24. The van der Waals surface area contributed by atoms with Crippen LogP contribution in [0.3, 0.4) is 0 Å². The van der Waals surface area contributed by atoms with Crippen molar-refractivity contribution in [2.24, 2.45) is 5.73 Å². The SMILES string of the molecule is Cc1cccc(C)c1NC(=O)C(c1c(C)cccc1C)N(CC#N)C(=O)C(CCC(N)=O)NC(=O)OC(C)(C)C. The number of benzene rings is 2. The molecule has 0 fully saturated rings. The first kappa shape index (κ1) is 31.8. The van der Waals surface area contributed by atoms with Crippen molar-refractivity contribution in [3.05, 3.63) is 64.2 Å². The molecule has 40 heavy (non-hydrogen) atoms. The Hall–Kier alpha value is -4.39. The average molecular weight is 550 g/mol. The molecule has 214 valence electrons. The molecule has 2 aromatic rings. The van der Waals surface area contributed by atoms with E-state index in [4.69, 9.17) is 10.5 Å². The number of carbonyl (C=O) groups is 4. The lowest BCUT2D eigenvalue weighted by Crippen LogP contribution is -2.53. The van der Waals surface area contributed by atoms with Gasteiger partial charge < -0.3 is 26.0 Å². The number of alkyl carbamates (subject to hydrolysis) is 1. The highest BCUT2D eigenvalue weighted by molar-refractivity contribution is 6.00. The average Bonchev–Trinajstić information content (AvgIpc) is 2.83. The lowest BCUT2D eigenvalue weighted by atomic mass is 9.93. The number of rotatable bonds is 10. The number of nitrogens with one attached hydrogen (secondary N) is 2. The van der Waals surface area contributed by atoms with Gasteiger partial charge in [0.25, 0.3) is 5.91 Å². The van der Waals surface area contributed by atoms with Crippen molar-refractivity contribution in [2.45, 2.75) is 79.0 Å². The summed E-state index contributed by atoms with van der Waals surface area (Å²) < 4.78 is 5.32. The molecule has 10 nitrogen and oxygen atoms in total. The van der Waals surface area contributed by atoms with Crippen molar-refractivity contribution in [2.75, 3.05) is 11.9 Å². The van der Waals surface area contributed by atoms with Crippen LogP contribution in [0.25, 0.3) is 0 Å². The zero-order chi connectivity index (χ0) is 30.2. The number of amides is 4. The van der Waals surface area contributed by atoms with Gasteiger partial charge in [-0.25, -0.2) is 4.79 Å². The van der Waals surface area contributed by atoms with Gasteiger partial charge in [0.15, 0.2) is 0 Å². The van der Waals surface area contributed by atoms with Gasteiger partial charge in [-0.1, -0.05) is 36.4 Å². The molecule has 4 N–H and O–H groups in total. The quantitative estimate of drug-likeness (QED) is 0.379. The van der Waals surface area contributed by atoms with Gasteiger partial charge in [-0.2, -0.15) is 5.26 Å². The first-order chi connectivity index (χ1) is 18.7. The second kappa shape index (κ2) is 13.6. The van der Waals surface area contributed by atoms with E-state index in [1.165, 1.54) is 0 Å². The van der Waals surface area contributed by atoms with Crippen molar-refractivity contribution in [1.82, 2.24) is 10.2 Å². The third-order valence-electron chi connectivity index (χ3n) is 6.30. The molecule has 2 atom stereocenters. The highest BCUT2D eigenvalue weighted by Gasteiger charge is 2.38. The van der Waals surface area contributed by atoms with E-state index in [1.54, 1.807) is 20.8 Å². The highest BCUT2D eigenvalue weighted by atomic mass is 16.6. The summed E-state index contributed by atoms with van der Waals surface area (Å²) in [5, 5.41) is 15.2. The summed E-state index contributed by atoms with van der Waals surface area (Å²) in [6, 6.07) is 10.6. The Morgan fingerprint density at radius 1 is 0.975 bits per heavy atom. The lowest BCUT2D eigenvalue weighted by Gasteiger charge is -2.34. The van der Waals surface area contributed by atoms with Crippen LogP contribution >= 0.6 is 0 Å². The maximum atomic E-state index is 14.0. The third-order valence-corrected chi connectivity index (χ3v) is 6.30. The molecule has 0 aliphatic rings. The van der Waals surface area contributed by atoms with Crippen molar-refractivity contribution < 1.29 is 23.9 Å². The van der Waals surface area contributed by atoms with Crippen molar-refractivity contribution in [3.63, 3.8) is 0 Å². The lowest BCUT2D eigenvalue weighted by molar-refractivity contribution is -0.140. The smallest absolute Gasteiger partial charge is 0.408 e. The second-order valence-electron chi connectivity index (χ2n) is 10.8. The second-order valence-corrected chi connectivity index (χ2v) is 10.8. The number of primary amides is 1. The molecule has 0 aliphatic carbocycles. The molecule has 0 heterocycles. The van der Waals surface area contributed by atoms with Crippen molar-refractivity contribution in [3.8, 4) is 6.07 Å². The van der Waals surface area contributed by atoms with E-state index in [0.717, 1.165) is 27.2 Å². The summed E-state index contributed by atoms with van der Waals surface area (Å²) in [5.41, 5.74) is 8.79. The van der Waals surface area contributed by atoms with Gasteiger partial charge in [0.2, 0.25) is 11.8 Å². The fourth-order valence-corrected chi connectivity index (χ4v) is 4.46. The van der Waals surface area contributed by atoms with Crippen LogP contribution in [0.5, 0.6) is 0 Å². The monoisotopic (exact) mass is 549 g/mol. The maximum absolute atomic E-state index is 14.0. The van der Waals surface area contributed by atoms with E-state index < -0.39 is 48.0 Å². The zero-order valence-corrected chi connectivity index (χ0v) is 24.3. The van der Waals surface area contributed by atoms with Crippen LogP contribution in [-0.2, 0) is 19.1 Å². The standard InChI is InChI=1S/C30H39N5O5/c1-18-10-8-11-19(2)24(18)26(27(37)34-25-20(3)12-9-13-21(25)4)35(17-16-31)28(38)22(14-15-23(32)36)33-29(39)40-30(5,6)7/h8-13,22,26H,14-15,17H2,1-7H3,(H2,32,36)(H,33,39)(H,34,37). The van der Waals surface area contributed by atoms with E-state index >= 15 is 0 Å². The van der Waals surface area contributed by atoms with Gasteiger partial charge in [-0.3, -0.25) is 14.4 Å². The molecule has 0 bridgehead atoms. The topological polar surface area (TPSA) is 155 Å². The highest BCUT2D eigenvalue weighted by Crippen LogP contribution is 2.31. The first-order valence-corrected chi connectivity index (χ1v) is 13.0. The molecule has 10 heteroatoms. The Bertz CT molecular complexity index is 1270. The largest absolute Gasteiger partial charge is 0.444 e. The molecular formula is C30H39N5O5. The Labute approximate surface area is 235 Å². The summed E-state index contributed by atoms with van der Waals surface area (Å²) in [6.45, 7) is 11.9. The van der Waals surface area contributed by atoms with Crippen molar-refractivity contribution >= 4 is 29.5 Å². The molecule has 2 aromatic carbocycles. The van der Waals surface area contributed by atoms with Gasteiger partial charge in [0.05, 0.1) is 6.07 Å². The summed E-state index contributed by atoms with van der Waals surface area (Å²) in [7, 11) is 0. The Morgan fingerprint density at radius 3 is 1.98 bits per heavy atom. The van der Waals surface area contributed by atoms with Crippen LogP contribution in [0.4, 0.5) is 10.5 Å². The van der Waals surface area contributed by atoms with Crippen LogP contribution in [0.2, 0.25) is 0 Å². The Kier molecular flexibility index (Phi) is 10.8. The number of ether oxygens (including phenoxy) is 1. The minimum Gasteiger partial charge on any atom is -0.444 e. The van der Waals surface area contributed by atoms with Crippen LogP contribution < -0.4 is 16.4 Å². The fraction of sp³-hybridized carbons (Fsp3) is 0.433. The predicted molar refractivity (Wildman–Crippen MR) is 152 cm³/mol. The third kappa shape index (κ3) is 8.56. The summed E-state index contributed by atoms with van der Waals surface area (Å²) in [4.78, 5) is 53.4. The van der Waals surface area contributed by atoms with E-state index in [-0.39, 0.29) is 12.8 Å². The normalized spacial score (nSPS) is 12.4. The number of carbonyl (C=O) groups excluding carboxylic acids is 4. The number of aryl methyl sites for hydroxylation is 4. The van der Waals surface area contributed by atoms with Gasteiger partial charge in [-0.15, -0.1) is 0 Å². The predicted octanol–water partition coefficient (Wildman–Crippen LogP) is 4.11. The number of hydrogen-bond acceptors (Lipinski definition) is 6. The number of para-hydroxylation sites is 1. The number of anilines is 1. The number of nitrogens with two attached hydrogens (primary N) is 1. The first-order valence-electron chi connectivity index (χ1n) is 13.0. The Morgan fingerprint density at radius 2 is 1.50 bits per heavy atom. The molecule has 0 aliphatic heterocycles. The van der Waals surface area contributed by atoms with Gasteiger partial charge >= 0.3 is 6.09 Å². The maximum Gasteiger partial charge on any atom is 0.408 e. The van der Waals surface area contributed by atoms with Gasteiger partial charge in [-0.05, 0) is 82.7 Å². The fourth-order valence-electron chi connectivity index (χ4n) is 4.46. The number of nitrogens with zero attached hydrogens (tertiary/aromatic N) is 2. The minimum atomic E-state index is -1.28. The molecule has 0 spiro atoms. The van der Waals surface area contributed by atoms with E-state index in [0.29, 0.717) is 11.3 Å². The van der Waals surface area contributed by atoms with Gasteiger partial charge in [0, 0.05) is 12.1 Å².